The summed E-state index contributed by atoms with van der Waals surface area (Å²) in [6.45, 7) is 6.04. The lowest BCUT2D eigenvalue weighted by Crippen LogP contribution is -2.57. The van der Waals surface area contributed by atoms with Crippen molar-refractivity contribution < 1.29 is 9.13 Å². The smallest absolute Gasteiger partial charge is 0.146 e. The summed E-state index contributed by atoms with van der Waals surface area (Å²) in [5.74, 6) is -0.134. The van der Waals surface area contributed by atoms with Gasteiger partial charge in [0, 0.05) is 51.5 Å². The van der Waals surface area contributed by atoms with Gasteiger partial charge in [-0.1, -0.05) is 12.1 Å². The number of halogens is 1. The van der Waals surface area contributed by atoms with Crippen LogP contribution in [-0.4, -0.2) is 56.4 Å². The molecule has 1 aromatic rings. The average molecular weight is 293 g/mol. The van der Waals surface area contributed by atoms with E-state index in [2.05, 4.69) is 9.80 Å². The molecule has 5 heteroatoms. The molecule has 1 aromatic carbocycles. The van der Waals surface area contributed by atoms with Crippen molar-refractivity contribution >= 4 is 5.69 Å². The van der Waals surface area contributed by atoms with E-state index in [1.54, 1.807) is 6.07 Å². The molecular weight excluding hydrogens is 269 g/mol. The fourth-order valence-corrected chi connectivity index (χ4v) is 3.24. The molecule has 0 aromatic heterocycles. The Morgan fingerprint density at radius 3 is 2.43 bits per heavy atom. The largest absolute Gasteiger partial charge is 0.381 e. The van der Waals surface area contributed by atoms with Gasteiger partial charge in [0.15, 0.2) is 0 Å². The van der Waals surface area contributed by atoms with Crippen LogP contribution in [0.4, 0.5) is 10.1 Å². The Hall–Kier alpha value is -1.17. The summed E-state index contributed by atoms with van der Waals surface area (Å²) in [4.78, 5) is 4.53. The molecule has 4 nitrogen and oxygen atoms in total. The van der Waals surface area contributed by atoms with E-state index in [1.807, 2.05) is 12.1 Å². The number of para-hydroxylation sites is 1. The van der Waals surface area contributed by atoms with Gasteiger partial charge in [-0.25, -0.2) is 4.39 Å². The first-order valence-corrected chi connectivity index (χ1v) is 7.75. The van der Waals surface area contributed by atoms with Gasteiger partial charge in [-0.05, 0) is 25.0 Å². The predicted molar refractivity (Wildman–Crippen MR) is 82.0 cm³/mol. The van der Waals surface area contributed by atoms with Crippen LogP contribution < -0.4 is 10.6 Å². The highest BCUT2D eigenvalue weighted by Crippen LogP contribution is 2.23. The second-order valence-corrected chi connectivity index (χ2v) is 6.19. The fraction of sp³-hybridized carbons (Fsp3) is 0.625. The highest BCUT2D eigenvalue weighted by molar-refractivity contribution is 5.47. The van der Waals surface area contributed by atoms with E-state index < -0.39 is 0 Å². The van der Waals surface area contributed by atoms with Gasteiger partial charge in [0.2, 0.25) is 0 Å². The molecule has 3 rings (SSSR count). The van der Waals surface area contributed by atoms with Crippen LogP contribution in [-0.2, 0) is 4.74 Å². The van der Waals surface area contributed by atoms with Gasteiger partial charge in [-0.15, -0.1) is 0 Å². The zero-order valence-electron chi connectivity index (χ0n) is 12.4. The Morgan fingerprint density at radius 2 is 1.76 bits per heavy atom. The lowest BCUT2D eigenvalue weighted by molar-refractivity contribution is 0.0368. The van der Waals surface area contributed by atoms with Crippen LogP contribution >= 0.6 is 0 Å². The molecule has 2 N–H and O–H groups in total. The summed E-state index contributed by atoms with van der Waals surface area (Å²) in [7, 11) is 0. The molecule has 2 heterocycles. The molecule has 2 aliphatic rings. The number of benzene rings is 1. The van der Waals surface area contributed by atoms with Crippen molar-refractivity contribution in [3.8, 4) is 0 Å². The average Bonchev–Trinajstić information content (AvgIpc) is 2.49. The fourth-order valence-electron chi connectivity index (χ4n) is 3.24. The maximum absolute atomic E-state index is 13.8. The molecule has 0 bridgehead atoms. The molecule has 0 aliphatic carbocycles. The second kappa shape index (κ2) is 6.30. The zero-order valence-corrected chi connectivity index (χ0v) is 12.4. The van der Waals surface area contributed by atoms with Crippen molar-refractivity contribution in [2.75, 3.05) is 50.8 Å². The molecule has 2 saturated heterocycles. The first-order valence-electron chi connectivity index (χ1n) is 7.75. The normalized spacial score (nSPS) is 23.2. The van der Waals surface area contributed by atoms with E-state index in [4.69, 9.17) is 10.5 Å². The van der Waals surface area contributed by atoms with Crippen LogP contribution in [0.15, 0.2) is 24.3 Å². The monoisotopic (exact) mass is 293 g/mol. The zero-order chi connectivity index (χ0) is 14.7. The summed E-state index contributed by atoms with van der Waals surface area (Å²) < 4.78 is 19.2. The molecule has 0 radical (unpaired) electrons. The molecule has 0 spiro atoms. The van der Waals surface area contributed by atoms with Crippen LogP contribution in [0.1, 0.15) is 12.8 Å². The van der Waals surface area contributed by atoms with E-state index in [0.717, 1.165) is 58.8 Å². The first kappa shape index (κ1) is 14.8. The van der Waals surface area contributed by atoms with Crippen molar-refractivity contribution in [3.05, 3.63) is 30.1 Å². The molecule has 0 saturated carbocycles. The maximum atomic E-state index is 13.8. The van der Waals surface area contributed by atoms with Gasteiger partial charge in [0.1, 0.15) is 5.82 Å². The second-order valence-electron chi connectivity index (χ2n) is 6.19. The standard InChI is InChI=1S/C16H24FN3O/c17-14-3-1-2-4-15(14)20-9-7-19(8-10-20)13-16(18)5-11-21-12-6-16/h1-4H,5-13,18H2. The number of nitrogens with zero attached hydrogens (tertiary/aromatic N) is 2. The van der Waals surface area contributed by atoms with Crippen LogP contribution in [0.25, 0.3) is 0 Å². The minimum Gasteiger partial charge on any atom is -0.381 e. The topological polar surface area (TPSA) is 41.7 Å². The van der Waals surface area contributed by atoms with E-state index in [9.17, 15) is 4.39 Å². The number of nitrogens with two attached hydrogens (primary N) is 1. The summed E-state index contributed by atoms with van der Waals surface area (Å²) in [6.07, 6.45) is 1.86. The number of hydrogen-bond acceptors (Lipinski definition) is 4. The van der Waals surface area contributed by atoms with Gasteiger partial charge in [-0.2, -0.15) is 0 Å². The third-order valence-corrected chi connectivity index (χ3v) is 4.59. The number of ether oxygens (including phenoxy) is 1. The Balaban J connectivity index is 1.54. The number of anilines is 1. The van der Waals surface area contributed by atoms with E-state index in [1.165, 1.54) is 6.07 Å². The summed E-state index contributed by atoms with van der Waals surface area (Å²) in [5.41, 5.74) is 7.07. The minimum atomic E-state index is -0.134. The number of piperazine rings is 1. The highest BCUT2D eigenvalue weighted by Gasteiger charge is 2.31. The Kier molecular flexibility index (Phi) is 4.42. The Labute approximate surface area is 125 Å². The van der Waals surface area contributed by atoms with Crippen LogP contribution in [0.5, 0.6) is 0 Å². The van der Waals surface area contributed by atoms with E-state index in [0.29, 0.717) is 5.69 Å². The molecule has 0 amide bonds. The number of rotatable bonds is 3. The van der Waals surface area contributed by atoms with Crippen molar-refractivity contribution in [2.24, 2.45) is 5.73 Å². The molecular formula is C16H24FN3O. The maximum Gasteiger partial charge on any atom is 0.146 e. The Bertz CT molecular complexity index is 468. The summed E-state index contributed by atoms with van der Waals surface area (Å²) in [6, 6.07) is 7.01. The third-order valence-electron chi connectivity index (χ3n) is 4.59. The van der Waals surface area contributed by atoms with Crippen molar-refractivity contribution in [2.45, 2.75) is 18.4 Å². The third kappa shape index (κ3) is 3.54. The van der Waals surface area contributed by atoms with Crippen molar-refractivity contribution in [3.63, 3.8) is 0 Å². The SMILES string of the molecule is NC1(CN2CCN(c3ccccc3F)CC2)CCOCC1. The summed E-state index contributed by atoms with van der Waals surface area (Å²) in [5, 5.41) is 0. The number of hydrogen-bond donors (Lipinski definition) is 1. The van der Waals surface area contributed by atoms with Gasteiger partial charge in [0.05, 0.1) is 5.69 Å². The molecule has 2 aliphatic heterocycles. The van der Waals surface area contributed by atoms with Crippen molar-refractivity contribution in [1.29, 1.82) is 0 Å². The predicted octanol–water partition coefficient (Wildman–Crippen LogP) is 1.46. The molecule has 116 valence electrons. The highest BCUT2D eigenvalue weighted by atomic mass is 19.1. The van der Waals surface area contributed by atoms with Crippen molar-refractivity contribution in [1.82, 2.24) is 4.90 Å². The van der Waals surface area contributed by atoms with Crippen LogP contribution in [0, 0.1) is 5.82 Å². The Morgan fingerprint density at radius 1 is 1.10 bits per heavy atom. The van der Waals surface area contributed by atoms with Crippen LogP contribution in [0.3, 0.4) is 0 Å². The lowest BCUT2D eigenvalue weighted by Gasteiger charge is -2.42. The van der Waals surface area contributed by atoms with Gasteiger partial charge in [0.25, 0.3) is 0 Å². The molecule has 0 unspecified atom stereocenters. The minimum absolute atomic E-state index is 0.113. The summed E-state index contributed by atoms with van der Waals surface area (Å²) >= 11 is 0. The first-order chi connectivity index (χ1) is 10.2. The van der Waals surface area contributed by atoms with Gasteiger partial charge in [-0.3, -0.25) is 4.90 Å². The van der Waals surface area contributed by atoms with Crippen LogP contribution in [0.2, 0.25) is 0 Å². The van der Waals surface area contributed by atoms with E-state index >= 15 is 0 Å². The molecule has 2 fully saturated rings. The lowest BCUT2D eigenvalue weighted by atomic mass is 9.90. The quantitative estimate of drug-likeness (QED) is 0.916. The van der Waals surface area contributed by atoms with Gasteiger partial charge >= 0.3 is 0 Å². The molecule has 0 atom stereocenters. The van der Waals surface area contributed by atoms with E-state index in [-0.39, 0.29) is 11.4 Å². The van der Waals surface area contributed by atoms with Gasteiger partial charge < -0.3 is 15.4 Å². The molecule has 21 heavy (non-hydrogen) atoms.